The lowest BCUT2D eigenvalue weighted by molar-refractivity contribution is 0.116. The van der Waals surface area contributed by atoms with Crippen molar-refractivity contribution in [2.45, 2.75) is 74.5 Å². The Labute approximate surface area is 126 Å². The van der Waals surface area contributed by atoms with Crippen molar-refractivity contribution in [3.63, 3.8) is 0 Å². The van der Waals surface area contributed by atoms with Gasteiger partial charge in [-0.15, -0.1) is 23.5 Å². The summed E-state index contributed by atoms with van der Waals surface area (Å²) in [5.74, 6) is 3.22. The summed E-state index contributed by atoms with van der Waals surface area (Å²) >= 11 is 4.01. The fraction of sp³-hybridized carbons (Fsp3) is 1.00. The van der Waals surface area contributed by atoms with Gasteiger partial charge in [0.15, 0.2) is 0 Å². The molecule has 0 unspecified atom stereocenters. The molecule has 2 fully saturated rings. The maximum Gasteiger partial charge on any atom is 0.0712 e. The summed E-state index contributed by atoms with van der Waals surface area (Å²) in [5, 5.41) is 10.4. The van der Waals surface area contributed by atoms with Gasteiger partial charge in [-0.3, -0.25) is 0 Å². The Morgan fingerprint density at radius 1 is 1.16 bits per heavy atom. The number of aliphatic hydroxyl groups excluding tert-OH is 1. The molecule has 2 aliphatic rings. The van der Waals surface area contributed by atoms with Gasteiger partial charge in [0.05, 0.1) is 10.2 Å². The molecule has 0 amide bonds. The number of aliphatic hydroxyl groups is 1. The van der Waals surface area contributed by atoms with Crippen LogP contribution in [0.5, 0.6) is 0 Å². The molecular weight excluding hydrogens is 274 g/mol. The van der Waals surface area contributed by atoms with Crippen LogP contribution in [0.4, 0.5) is 0 Å². The van der Waals surface area contributed by atoms with E-state index < -0.39 is 0 Å². The molecule has 1 heterocycles. The summed E-state index contributed by atoms with van der Waals surface area (Å²) in [6.45, 7) is 2.28. The van der Waals surface area contributed by atoms with Crippen molar-refractivity contribution in [3.05, 3.63) is 0 Å². The first-order valence-corrected chi connectivity index (χ1v) is 9.78. The fourth-order valence-electron chi connectivity index (χ4n) is 3.29. The average molecular weight is 304 g/mol. The Morgan fingerprint density at radius 3 is 2.42 bits per heavy atom. The zero-order chi connectivity index (χ0) is 13.7. The van der Waals surface area contributed by atoms with Crippen LogP contribution in [0.3, 0.4) is 0 Å². The molecule has 112 valence electrons. The molecule has 1 aliphatic heterocycles. The minimum absolute atomic E-state index is 0.0250. The van der Waals surface area contributed by atoms with Crippen molar-refractivity contribution in [2.75, 3.05) is 11.5 Å². The zero-order valence-electron chi connectivity index (χ0n) is 12.1. The second-order valence-corrected chi connectivity index (χ2v) is 9.81. The van der Waals surface area contributed by atoms with Crippen LogP contribution in [-0.2, 0) is 0 Å². The zero-order valence-corrected chi connectivity index (χ0v) is 13.8. The Kier molecular flexibility index (Phi) is 6.38. The van der Waals surface area contributed by atoms with Crippen molar-refractivity contribution in [1.82, 2.24) is 0 Å². The molecular formula is C15H29NOS2. The SMILES string of the molecule is CC1(C[C@H](O)[C@@H](N)CC2CCCCC2)SCCCS1. The predicted molar refractivity (Wildman–Crippen MR) is 87.7 cm³/mol. The summed E-state index contributed by atoms with van der Waals surface area (Å²) < 4.78 is 0.182. The van der Waals surface area contributed by atoms with E-state index in [-0.39, 0.29) is 16.2 Å². The Bertz CT molecular complexity index is 263. The first-order valence-electron chi connectivity index (χ1n) is 7.81. The summed E-state index contributed by atoms with van der Waals surface area (Å²) in [5.41, 5.74) is 6.26. The molecule has 1 aliphatic carbocycles. The maximum atomic E-state index is 10.4. The molecule has 0 spiro atoms. The highest BCUT2D eigenvalue weighted by atomic mass is 32.2. The molecule has 0 aromatic heterocycles. The summed E-state index contributed by atoms with van der Waals surface area (Å²) in [6.07, 6.45) is 9.58. The van der Waals surface area contributed by atoms with Crippen LogP contribution in [0, 0.1) is 5.92 Å². The number of hydrogen-bond acceptors (Lipinski definition) is 4. The molecule has 0 aromatic rings. The topological polar surface area (TPSA) is 46.2 Å². The Morgan fingerprint density at radius 2 is 1.79 bits per heavy atom. The summed E-state index contributed by atoms with van der Waals surface area (Å²) in [6, 6.07) is -0.0250. The van der Waals surface area contributed by atoms with E-state index in [0.717, 1.165) is 18.8 Å². The van der Waals surface area contributed by atoms with Crippen LogP contribution in [0.15, 0.2) is 0 Å². The predicted octanol–water partition coefficient (Wildman–Crippen LogP) is 3.62. The fourth-order valence-corrected chi connectivity index (χ4v) is 6.32. The van der Waals surface area contributed by atoms with E-state index in [2.05, 4.69) is 6.92 Å². The van der Waals surface area contributed by atoms with Crippen molar-refractivity contribution >= 4 is 23.5 Å². The van der Waals surface area contributed by atoms with Gasteiger partial charge in [0.1, 0.15) is 0 Å². The van der Waals surface area contributed by atoms with Crippen molar-refractivity contribution in [2.24, 2.45) is 11.7 Å². The first kappa shape index (κ1) is 16.0. The number of rotatable bonds is 5. The Balaban J connectivity index is 1.76. The monoisotopic (exact) mass is 303 g/mol. The van der Waals surface area contributed by atoms with Gasteiger partial charge in [-0.1, -0.05) is 32.1 Å². The standard InChI is InChI=1S/C15H29NOS2/c1-15(18-8-5-9-19-15)11-14(17)13(16)10-12-6-3-2-4-7-12/h12-14,17H,2-11,16H2,1H3/t13-,14-/m0/s1. The third-order valence-corrected chi connectivity index (χ3v) is 7.76. The van der Waals surface area contributed by atoms with Gasteiger partial charge < -0.3 is 10.8 Å². The molecule has 1 saturated carbocycles. The highest BCUT2D eigenvalue weighted by molar-refractivity contribution is 8.18. The molecule has 2 atom stereocenters. The highest BCUT2D eigenvalue weighted by Gasteiger charge is 2.33. The lowest BCUT2D eigenvalue weighted by Crippen LogP contribution is -2.41. The molecule has 0 radical (unpaired) electrons. The number of hydrogen-bond donors (Lipinski definition) is 2. The van der Waals surface area contributed by atoms with Gasteiger partial charge in [0.2, 0.25) is 0 Å². The van der Waals surface area contributed by atoms with Crippen LogP contribution in [0.25, 0.3) is 0 Å². The maximum absolute atomic E-state index is 10.4. The van der Waals surface area contributed by atoms with Crippen LogP contribution in [-0.4, -0.2) is 32.8 Å². The third-order valence-electron chi connectivity index (χ3n) is 4.51. The third kappa shape index (κ3) is 5.14. The van der Waals surface area contributed by atoms with E-state index in [9.17, 15) is 5.11 Å². The van der Waals surface area contributed by atoms with Crippen molar-refractivity contribution < 1.29 is 5.11 Å². The molecule has 3 N–H and O–H groups in total. The smallest absolute Gasteiger partial charge is 0.0712 e. The van der Waals surface area contributed by atoms with E-state index >= 15 is 0 Å². The van der Waals surface area contributed by atoms with Crippen LogP contribution in [0.2, 0.25) is 0 Å². The van der Waals surface area contributed by atoms with E-state index in [1.54, 1.807) is 0 Å². The van der Waals surface area contributed by atoms with Crippen LogP contribution >= 0.6 is 23.5 Å². The summed E-state index contributed by atoms with van der Waals surface area (Å²) in [4.78, 5) is 0. The van der Waals surface area contributed by atoms with Gasteiger partial charge in [0.25, 0.3) is 0 Å². The van der Waals surface area contributed by atoms with Crippen LogP contribution < -0.4 is 5.73 Å². The lowest BCUT2D eigenvalue weighted by atomic mass is 9.83. The van der Waals surface area contributed by atoms with Crippen molar-refractivity contribution in [1.29, 1.82) is 0 Å². The normalized spacial score (nSPS) is 27.9. The molecule has 2 nitrogen and oxygen atoms in total. The van der Waals surface area contributed by atoms with E-state index in [1.807, 2.05) is 23.5 Å². The minimum Gasteiger partial charge on any atom is -0.391 e. The number of thioether (sulfide) groups is 2. The second-order valence-electron chi connectivity index (χ2n) is 6.36. The van der Waals surface area contributed by atoms with E-state index in [4.69, 9.17) is 5.73 Å². The first-order chi connectivity index (χ1) is 9.09. The second kappa shape index (κ2) is 7.58. The van der Waals surface area contributed by atoms with Gasteiger partial charge >= 0.3 is 0 Å². The van der Waals surface area contributed by atoms with Crippen LogP contribution in [0.1, 0.15) is 58.3 Å². The average Bonchev–Trinajstić information content (AvgIpc) is 2.40. The molecule has 1 saturated heterocycles. The molecule has 2 rings (SSSR count). The van der Waals surface area contributed by atoms with E-state index in [0.29, 0.717) is 0 Å². The molecule has 0 aromatic carbocycles. The highest BCUT2D eigenvalue weighted by Crippen LogP contribution is 2.45. The minimum atomic E-state index is -0.329. The van der Waals surface area contributed by atoms with Gasteiger partial charge in [-0.05, 0) is 43.6 Å². The molecule has 19 heavy (non-hydrogen) atoms. The lowest BCUT2D eigenvalue weighted by Gasteiger charge is -2.36. The molecule has 0 bridgehead atoms. The molecule has 4 heteroatoms. The largest absolute Gasteiger partial charge is 0.391 e. The number of nitrogens with two attached hydrogens (primary N) is 1. The Hall–Kier alpha value is 0.620. The summed E-state index contributed by atoms with van der Waals surface area (Å²) in [7, 11) is 0. The van der Waals surface area contributed by atoms with Gasteiger partial charge in [-0.25, -0.2) is 0 Å². The quantitative estimate of drug-likeness (QED) is 0.814. The van der Waals surface area contributed by atoms with E-state index in [1.165, 1.54) is 50.0 Å². The van der Waals surface area contributed by atoms with Crippen molar-refractivity contribution in [3.8, 4) is 0 Å². The van der Waals surface area contributed by atoms with Gasteiger partial charge in [-0.2, -0.15) is 0 Å². The van der Waals surface area contributed by atoms with Gasteiger partial charge in [0, 0.05) is 6.04 Å².